The van der Waals surface area contributed by atoms with Gasteiger partial charge in [0, 0.05) is 7.05 Å². The summed E-state index contributed by atoms with van der Waals surface area (Å²) in [6, 6.07) is 15.7. The third-order valence-electron chi connectivity index (χ3n) is 5.23. The molecular formula is C21H22N4O5S. The number of carbonyl (C=O) groups excluding carboxylic acids is 1. The second-order valence-corrected chi connectivity index (χ2v) is 9.20. The molecule has 2 aromatic carbocycles. The molecule has 31 heavy (non-hydrogen) atoms. The summed E-state index contributed by atoms with van der Waals surface area (Å²) in [7, 11) is -1.91. The van der Waals surface area contributed by atoms with Crippen LogP contribution >= 0.6 is 0 Å². The van der Waals surface area contributed by atoms with Gasteiger partial charge in [-0.3, -0.25) is 18.6 Å². The molecule has 1 aliphatic rings. The maximum Gasteiger partial charge on any atom is 0.295 e. The number of hydrogen-bond donors (Lipinski definition) is 1. The van der Waals surface area contributed by atoms with Crippen molar-refractivity contribution in [3.05, 3.63) is 70.6 Å². The van der Waals surface area contributed by atoms with Gasteiger partial charge in [0.1, 0.15) is 11.4 Å². The minimum absolute atomic E-state index is 0.115. The molecule has 1 atom stereocenters. The van der Waals surface area contributed by atoms with Crippen LogP contribution in [0.4, 0.5) is 11.4 Å². The molecule has 10 heteroatoms. The van der Waals surface area contributed by atoms with Crippen LogP contribution in [0.1, 0.15) is 5.69 Å². The predicted octanol–water partition coefficient (Wildman–Crippen LogP) is 1.65. The van der Waals surface area contributed by atoms with E-state index in [2.05, 4.69) is 5.32 Å². The smallest absolute Gasteiger partial charge is 0.295 e. The average Bonchev–Trinajstić information content (AvgIpc) is 2.96. The lowest BCUT2D eigenvalue weighted by Crippen LogP contribution is -2.48. The van der Waals surface area contributed by atoms with Crippen molar-refractivity contribution < 1.29 is 17.9 Å². The number of rotatable bonds is 4. The summed E-state index contributed by atoms with van der Waals surface area (Å²) in [5.41, 5.74) is 1.31. The number of sulfonamides is 1. The van der Waals surface area contributed by atoms with E-state index in [1.165, 1.54) is 4.68 Å². The molecule has 0 saturated heterocycles. The Hall–Kier alpha value is -3.53. The Bertz CT molecular complexity index is 1310. The van der Waals surface area contributed by atoms with Gasteiger partial charge in [-0.05, 0) is 31.2 Å². The van der Waals surface area contributed by atoms with Gasteiger partial charge < -0.3 is 10.1 Å². The van der Waals surface area contributed by atoms with Gasteiger partial charge >= 0.3 is 0 Å². The molecule has 0 spiro atoms. The highest BCUT2D eigenvalue weighted by molar-refractivity contribution is 7.92. The quantitative estimate of drug-likeness (QED) is 0.662. The van der Waals surface area contributed by atoms with E-state index in [-0.39, 0.29) is 18.0 Å². The van der Waals surface area contributed by atoms with E-state index in [4.69, 9.17) is 4.74 Å². The Balaban J connectivity index is 1.66. The Morgan fingerprint density at radius 3 is 2.42 bits per heavy atom. The first-order valence-electron chi connectivity index (χ1n) is 9.57. The molecule has 0 bridgehead atoms. The van der Waals surface area contributed by atoms with E-state index in [9.17, 15) is 18.0 Å². The Morgan fingerprint density at radius 2 is 1.74 bits per heavy atom. The summed E-state index contributed by atoms with van der Waals surface area (Å²) in [6.07, 6.45) is -0.0435. The molecule has 0 radical (unpaired) electrons. The van der Waals surface area contributed by atoms with Crippen LogP contribution in [0.3, 0.4) is 0 Å². The first-order chi connectivity index (χ1) is 14.7. The van der Waals surface area contributed by atoms with Crippen LogP contribution in [0.2, 0.25) is 0 Å². The second-order valence-electron chi connectivity index (χ2n) is 7.29. The number of nitrogens with zero attached hydrogens (tertiary/aromatic N) is 3. The van der Waals surface area contributed by atoms with Gasteiger partial charge in [0.25, 0.3) is 11.5 Å². The van der Waals surface area contributed by atoms with E-state index >= 15 is 0 Å². The van der Waals surface area contributed by atoms with Crippen molar-refractivity contribution in [2.45, 2.75) is 13.0 Å². The average molecular weight is 442 g/mol. The predicted molar refractivity (Wildman–Crippen MR) is 117 cm³/mol. The molecule has 1 aromatic heterocycles. The van der Waals surface area contributed by atoms with Crippen molar-refractivity contribution in [1.82, 2.24) is 9.36 Å². The fourth-order valence-electron chi connectivity index (χ4n) is 3.57. The van der Waals surface area contributed by atoms with E-state index < -0.39 is 27.6 Å². The molecule has 1 aliphatic heterocycles. The number of amides is 1. The summed E-state index contributed by atoms with van der Waals surface area (Å²) in [4.78, 5) is 26.0. The molecular weight excluding hydrogens is 420 g/mol. The minimum atomic E-state index is -3.63. The summed E-state index contributed by atoms with van der Waals surface area (Å²) in [6.45, 7) is 1.52. The van der Waals surface area contributed by atoms with Gasteiger partial charge in [0.2, 0.25) is 10.0 Å². The molecule has 1 N–H and O–H groups in total. The van der Waals surface area contributed by atoms with Crippen molar-refractivity contribution in [2.24, 2.45) is 7.05 Å². The number of ether oxygens (including phenoxy) is 1. The summed E-state index contributed by atoms with van der Waals surface area (Å²) < 4.78 is 34.5. The zero-order chi connectivity index (χ0) is 22.3. The van der Waals surface area contributed by atoms with Gasteiger partial charge in [-0.25, -0.2) is 13.1 Å². The SMILES string of the molecule is Cc1c(NC(=O)C2CN(S(C)(=O)=O)c3ccccc3O2)c(=O)n(-c2ccccc2)n1C. The van der Waals surface area contributed by atoms with E-state index in [1.807, 2.05) is 18.2 Å². The van der Waals surface area contributed by atoms with E-state index in [0.717, 1.165) is 10.6 Å². The van der Waals surface area contributed by atoms with Crippen LogP contribution < -0.4 is 19.9 Å². The number of benzene rings is 2. The minimum Gasteiger partial charge on any atom is -0.476 e. The Kier molecular flexibility index (Phi) is 5.10. The third-order valence-corrected chi connectivity index (χ3v) is 6.38. The number of anilines is 2. The monoisotopic (exact) mass is 442 g/mol. The number of aromatic nitrogens is 2. The second kappa shape index (κ2) is 7.62. The van der Waals surface area contributed by atoms with Gasteiger partial charge in [-0.2, -0.15) is 0 Å². The molecule has 3 aromatic rings. The van der Waals surface area contributed by atoms with Crippen LogP contribution in [0.5, 0.6) is 5.75 Å². The normalized spacial score (nSPS) is 15.8. The van der Waals surface area contributed by atoms with Crippen LogP contribution in [-0.4, -0.2) is 42.6 Å². The van der Waals surface area contributed by atoms with Crippen LogP contribution in [-0.2, 0) is 21.9 Å². The molecule has 2 heterocycles. The fourth-order valence-corrected chi connectivity index (χ4v) is 4.48. The molecule has 0 fully saturated rings. The molecule has 4 rings (SSSR count). The van der Waals surface area contributed by atoms with Crippen molar-refractivity contribution in [3.8, 4) is 11.4 Å². The molecule has 1 unspecified atom stereocenters. The number of nitrogens with one attached hydrogen (secondary N) is 1. The first-order valence-corrected chi connectivity index (χ1v) is 11.4. The van der Waals surface area contributed by atoms with Gasteiger partial charge in [-0.1, -0.05) is 30.3 Å². The van der Waals surface area contributed by atoms with E-state index in [0.29, 0.717) is 17.1 Å². The first kappa shape index (κ1) is 20.7. The topological polar surface area (TPSA) is 103 Å². The standard InChI is InChI=1S/C21H22N4O5S/c1-14-19(21(27)25(23(14)2)15-9-5-4-6-10-15)22-20(26)18-13-24(31(3,28)29)16-11-7-8-12-17(16)30-18/h4-12,18H,13H2,1-3H3,(H,22,26). The van der Waals surface area contributed by atoms with Crippen molar-refractivity contribution in [2.75, 3.05) is 22.4 Å². The molecule has 9 nitrogen and oxygen atoms in total. The lowest BCUT2D eigenvalue weighted by atomic mass is 10.2. The lowest BCUT2D eigenvalue weighted by molar-refractivity contribution is -0.122. The molecule has 0 aliphatic carbocycles. The molecule has 162 valence electrons. The van der Waals surface area contributed by atoms with Gasteiger partial charge in [0.05, 0.1) is 29.9 Å². The fraction of sp³-hybridized carbons (Fsp3) is 0.238. The van der Waals surface area contributed by atoms with Crippen molar-refractivity contribution in [1.29, 1.82) is 0 Å². The maximum absolute atomic E-state index is 13.0. The van der Waals surface area contributed by atoms with Gasteiger partial charge in [0.15, 0.2) is 6.10 Å². The van der Waals surface area contributed by atoms with Crippen molar-refractivity contribution >= 4 is 27.3 Å². The van der Waals surface area contributed by atoms with E-state index in [1.54, 1.807) is 55.1 Å². The highest BCUT2D eigenvalue weighted by Crippen LogP contribution is 2.34. The van der Waals surface area contributed by atoms with Crippen LogP contribution in [0.15, 0.2) is 59.4 Å². The lowest BCUT2D eigenvalue weighted by Gasteiger charge is -2.33. The number of hydrogen-bond acceptors (Lipinski definition) is 5. The number of para-hydroxylation sites is 3. The number of fused-ring (bicyclic) bond motifs is 1. The summed E-state index contributed by atoms with van der Waals surface area (Å²) in [5, 5.41) is 2.64. The zero-order valence-electron chi connectivity index (χ0n) is 17.3. The third kappa shape index (κ3) is 3.70. The summed E-state index contributed by atoms with van der Waals surface area (Å²) in [5.74, 6) is -0.319. The van der Waals surface area contributed by atoms with Gasteiger partial charge in [-0.15, -0.1) is 0 Å². The highest BCUT2D eigenvalue weighted by atomic mass is 32.2. The Morgan fingerprint density at radius 1 is 1.10 bits per heavy atom. The number of carbonyl (C=O) groups is 1. The van der Waals surface area contributed by atoms with Crippen LogP contribution in [0, 0.1) is 6.92 Å². The highest BCUT2D eigenvalue weighted by Gasteiger charge is 2.35. The largest absolute Gasteiger partial charge is 0.476 e. The summed E-state index contributed by atoms with van der Waals surface area (Å²) >= 11 is 0. The zero-order valence-corrected chi connectivity index (χ0v) is 18.1. The molecule has 1 amide bonds. The Labute approximate surface area is 179 Å². The van der Waals surface area contributed by atoms with Crippen LogP contribution in [0.25, 0.3) is 5.69 Å². The van der Waals surface area contributed by atoms with Crippen molar-refractivity contribution in [3.63, 3.8) is 0 Å². The maximum atomic E-state index is 13.0. The molecule has 0 saturated carbocycles.